The van der Waals surface area contributed by atoms with Gasteiger partial charge in [0.05, 0.1) is 10.5 Å². The summed E-state index contributed by atoms with van der Waals surface area (Å²) >= 11 is 0. The van der Waals surface area contributed by atoms with E-state index >= 15 is 0 Å². The minimum atomic E-state index is -0.529. The van der Waals surface area contributed by atoms with Crippen LogP contribution in [0.4, 0.5) is 5.69 Å². The van der Waals surface area contributed by atoms with Gasteiger partial charge >= 0.3 is 0 Å². The molecule has 0 N–H and O–H groups in total. The van der Waals surface area contributed by atoms with Crippen LogP contribution in [0, 0.1) is 10.1 Å². The zero-order valence-electron chi connectivity index (χ0n) is 10.9. The molecule has 0 heterocycles. The molecule has 0 saturated carbocycles. The first-order chi connectivity index (χ1) is 8.82. The molecule has 19 heavy (non-hydrogen) atoms. The Morgan fingerprint density at radius 3 is 2.42 bits per heavy atom. The zero-order valence-corrected chi connectivity index (χ0v) is 10.9. The first kappa shape index (κ1) is 14.6. The standard InChI is InChI=1S/C13H14N2O4/c1-9(16)12(13(17)14(2)3)8-10-5-4-6-11(7-10)15(18)19/h4-8H,1-3H3. The molecular formula is C13H14N2O4. The van der Waals surface area contributed by atoms with Crippen molar-refractivity contribution >= 4 is 23.5 Å². The number of non-ortho nitro benzene ring substituents is 1. The fourth-order valence-corrected chi connectivity index (χ4v) is 1.45. The van der Waals surface area contributed by atoms with Gasteiger partial charge in [-0.3, -0.25) is 19.7 Å². The number of ketones is 1. The van der Waals surface area contributed by atoms with Gasteiger partial charge in [0.15, 0.2) is 5.78 Å². The third kappa shape index (κ3) is 3.74. The highest BCUT2D eigenvalue weighted by molar-refractivity contribution is 6.21. The number of nitrogens with zero attached hydrogens (tertiary/aromatic N) is 2. The smallest absolute Gasteiger partial charge is 0.270 e. The molecule has 6 nitrogen and oxygen atoms in total. The Bertz CT molecular complexity index is 562. The molecular weight excluding hydrogens is 248 g/mol. The number of nitro groups is 1. The van der Waals surface area contributed by atoms with Crippen molar-refractivity contribution in [2.24, 2.45) is 0 Å². The second kappa shape index (κ2) is 5.90. The maximum absolute atomic E-state index is 11.8. The molecule has 1 aromatic rings. The summed E-state index contributed by atoms with van der Waals surface area (Å²) in [5, 5.41) is 10.7. The Morgan fingerprint density at radius 1 is 1.32 bits per heavy atom. The number of nitro benzene ring substituents is 1. The highest BCUT2D eigenvalue weighted by Gasteiger charge is 2.16. The lowest BCUT2D eigenvalue weighted by atomic mass is 10.1. The van der Waals surface area contributed by atoms with E-state index < -0.39 is 10.8 Å². The molecule has 0 bridgehead atoms. The van der Waals surface area contributed by atoms with Gasteiger partial charge in [-0.05, 0) is 18.6 Å². The van der Waals surface area contributed by atoms with E-state index in [9.17, 15) is 19.7 Å². The molecule has 0 saturated heterocycles. The molecule has 0 aliphatic carbocycles. The Hall–Kier alpha value is -2.50. The van der Waals surface area contributed by atoms with Gasteiger partial charge in [-0.2, -0.15) is 0 Å². The topological polar surface area (TPSA) is 80.5 Å². The zero-order chi connectivity index (χ0) is 14.6. The van der Waals surface area contributed by atoms with Crippen LogP contribution in [0.2, 0.25) is 0 Å². The average Bonchev–Trinajstić information content (AvgIpc) is 2.35. The Morgan fingerprint density at radius 2 is 1.95 bits per heavy atom. The number of benzene rings is 1. The van der Waals surface area contributed by atoms with Crippen molar-refractivity contribution in [1.82, 2.24) is 4.90 Å². The van der Waals surface area contributed by atoms with Crippen molar-refractivity contribution in [1.29, 1.82) is 0 Å². The van der Waals surface area contributed by atoms with Crippen LogP contribution < -0.4 is 0 Å². The van der Waals surface area contributed by atoms with Crippen LogP contribution in [0.3, 0.4) is 0 Å². The minimum Gasteiger partial charge on any atom is -0.345 e. The van der Waals surface area contributed by atoms with Crippen molar-refractivity contribution in [2.45, 2.75) is 6.92 Å². The minimum absolute atomic E-state index is 0.00880. The first-order valence-electron chi connectivity index (χ1n) is 5.51. The third-order valence-electron chi connectivity index (χ3n) is 2.41. The summed E-state index contributed by atoms with van der Waals surface area (Å²) in [7, 11) is 3.07. The second-order valence-corrected chi connectivity index (χ2v) is 4.17. The summed E-state index contributed by atoms with van der Waals surface area (Å²) in [6.07, 6.45) is 1.36. The van der Waals surface area contributed by atoms with E-state index in [2.05, 4.69) is 0 Å². The fraction of sp³-hybridized carbons (Fsp3) is 0.231. The van der Waals surface area contributed by atoms with E-state index in [1.165, 1.54) is 50.2 Å². The molecule has 1 aromatic carbocycles. The lowest BCUT2D eigenvalue weighted by Gasteiger charge is -2.11. The number of rotatable bonds is 4. The maximum Gasteiger partial charge on any atom is 0.270 e. The van der Waals surface area contributed by atoms with Crippen LogP contribution in [0.5, 0.6) is 0 Å². The maximum atomic E-state index is 11.8. The lowest BCUT2D eigenvalue weighted by Crippen LogP contribution is -2.26. The van der Waals surface area contributed by atoms with Crippen LogP contribution in [0.1, 0.15) is 12.5 Å². The van der Waals surface area contributed by atoms with Gasteiger partial charge in [0.2, 0.25) is 0 Å². The normalized spacial score (nSPS) is 11.0. The number of carbonyl (C=O) groups is 2. The molecule has 1 amide bonds. The highest BCUT2D eigenvalue weighted by atomic mass is 16.6. The van der Waals surface area contributed by atoms with Crippen LogP contribution >= 0.6 is 0 Å². The Kier molecular flexibility index (Phi) is 4.52. The van der Waals surface area contributed by atoms with E-state index in [0.29, 0.717) is 5.56 Å². The molecule has 1 rings (SSSR count). The van der Waals surface area contributed by atoms with Gasteiger partial charge in [-0.25, -0.2) is 0 Å². The molecule has 0 fully saturated rings. The third-order valence-corrected chi connectivity index (χ3v) is 2.41. The molecule has 0 aromatic heterocycles. The highest BCUT2D eigenvalue weighted by Crippen LogP contribution is 2.16. The summed E-state index contributed by atoms with van der Waals surface area (Å²) in [4.78, 5) is 34.7. The monoisotopic (exact) mass is 262 g/mol. The van der Waals surface area contributed by atoms with E-state index in [1.807, 2.05) is 0 Å². The SMILES string of the molecule is CC(=O)C(=Cc1cccc([N+](=O)[O-])c1)C(=O)N(C)C. The van der Waals surface area contributed by atoms with Gasteiger partial charge in [-0.15, -0.1) is 0 Å². The molecule has 6 heteroatoms. The van der Waals surface area contributed by atoms with Gasteiger partial charge < -0.3 is 4.90 Å². The number of likely N-dealkylation sites (N-methyl/N-ethyl adjacent to an activating group) is 1. The first-order valence-corrected chi connectivity index (χ1v) is 5.51. The Balaban J connectivity index is 3.23. The summed E-state index contributed by atoms with van der Waals surface area (Å²) in [5.74, 6) is -0.816. The van der Waals surface area contributed by atoms with E-state index in [4.69, 9.17) is 0 Å². The molecule has 0 radical (unpaired) electrons. The molecule has 0 aliphatic heterocycles. The number of carbonyl (C=O) groups excluding carboxylic acids is 2. The molecule has 0 spiro atoms. The van der Waals surface area contributed by atoms with Crippen LogP contribution in [-0.4, -0.2) is 35.6 Å². The van der Waals surface area contributed by atoms with E-state index in [-0.39, 0.29) is 17.0 Å². The van der Waals surface area contributed by atoms with Gasteiger partial charge in [-0.1, -0.05) is 12.1 Å². The molecule has 0 atom stereocenters. The fourth-order valence-electron chi connectivity index (χ4n) is 1.45. The van der Waals surface area contributed by atoms with E-state index in [0.717, 1.165) is 0 Å². The predicted octanol–water partition coefficient (Wildman–Crippen LogP) is 1.66. The molecule has 0 unspecified atom stereocenters. The number of Topliss-reactive ketones (excluding diaryl/α,β-unsaturated/α-hetero) is 1. The summed E-state index contributed by atoms with van der Waals surface area (Å²) in [6.45, 7) is 1.28. The van der Waals surface area contributed by atoms with Crippen molar-refractivity contribution < 1.29 is 14.5 Å². The summed E-state index contributed by atoms with van der Waals surface area (Å²) in [6, 6.07) is 5.76. The Labute approximate surface area is 110 Å². The number of hydrogen-bond donors (Lipinski definition) is 0. The van der Waals surface area contributed by atoms with Crippen molar-refractivity contribution in [3.63, 3.8) is 0 Å². The van der Waals surface area contributed by atoms with Crippen molar-refractivity contribution in [3.8, 4) is 0 Å². The van der Waals surface area contributed by atoms with Crippen molar-refractivity contribution in [3.05, 3.63) is 45.5 Å². The van der Waals surface area contributed by atoms with Crippen LogP contribution in [-0.2, 0) is 9.59 Å². The van der Waals surface area contributed by atoms with Gasteiger partial charge in [0.25, 0.3) is 11.6 Å². The van der Waals surface area contributed by atoms with Crippen molar-refractivity contribution in [2.75, 3.05) is 14.1 Å². The second-order valence-electron chi connectivity index (χ2n) is 4.17. The average molecular weight is 262 g/mol. The predicted molar refractivity (Wildman–Crippen MR) is 70.4 cm³/mol. The number of amides is 1. The van der Waals surface area contributed by atoms with E-state index in [1.54, 1.807) is 6.07 Å². The lowest BCUT2D eigenvalue weighted by molar-refractivity contribution is -0.384. The molecule has 0 aliphatic rings. The number of hydrogen-bond acceptors (Lipinski definition) is 4. The largest absolute Gasteiger partial charge is 0.345 e. The van der Waals surface area contributed by atoms with Gasteiger partial charge in [0, 0.05) is 26.2 Å². The van der Waals surface area contributed by atoms with Crippen LogP contribution in [0.15, 0.2) is 29.8 Å². The summed E-state index contributed by atoms with van der Waals surface area (Å²) in [5.41, 5.74) is 0.342. The van der Waals surface area contributed by atoms with Crippen LogP contribution in [0.25, 0.3) is 6.08 Å². The summed E-state index contributed by atoms with van der Waals surface area (Å²) < 4.78 is 0. The molecule has 100 valence electrons. The quantitative estimate of drug-likeness (QED) is 0.272. The van der Waals surface area contributed by atoms with Gasteiger partial charge in [0.1, 0.15) is 0 Å².